The Morgan fingerprint density at radius 3 is 2.37 bits per heavy atom. The van der Waals surface area contributed by atoms with E-state index in [1.54, 1.807) is 30.4 Å². The first-order valence-electron chi connectivity index (χ1n) is 10.9. The summed E-state index contributed by atoms with van der Waals surface area (Å²) in [5.74, 6) is 0.857. The summed E-state index contributed by atoms with van der Waals surface area (Å²) in [4.78, 5) is 1.82. The van der Waals surface area contributed by atoms with Gasteiger partial charge in [-0.1, -0.05) is 24.3 Å². The number of oxazole rings is 1. The number of hydrogen-bond acceptors (Lipinski definition) is 7. The van der Waals surface area contributed by atoms with Gasteiger partial charge in [-0.05, 0) is 36.8 Å². The Hall–Kier alpha value is -3.19. The molecule has 0 saturated carbocycles. The van der Waals surface area contributed by atoms with E-state index < -0.39 is 20.2 Å². The van der Waals surface area contributed by atoms with Crippen molar-refractivity contribution in [3.05, 3.63) is 72.5 Å². The molecule has 2 aromatic carbocycles. The van der Waals surface area contributed by atoms with E-state index in [0.717, 1.165) is 11.2 Å². The average molecular weight is 522 g/mol. The lowest BCUT2D eigenvalue weighted by Crippen LogP contribution is -2.36. The largest absolute Gasteiger partial charge is 0.439 e. The molecule has 0 amide bonds. The maximum absolute atomic E-state index is 11.1. The van der Waals surface area contributed by atoms with Gasteiger partial charge in [0.2, 0.25) is 11.5 Å². The Bertz CT molecular complexity index is 1490. The molecule has 35 heavy (non-hydrogen) atoms. The summed E-state index contributed by atoms with van der Waals surface area (Å²) < 4.78 is 76.2. The number of anilines is 1. The summed E-state index contributed by atoms with van der Waals surface area (Å²) in [6.45, 7) is 0.632. The number of fused-ring (bicyclic) bond motifs is 2. The quantitative estimate of drug-likeness (QED) is 0.304. The van der Waals surface area contributed by atoms with E-state index >= 15 is 0 Å². The Balaban J connectivity index is 1.57. The maximum Gasteiger partial charge on any atom is 0.374 e. The number of hydrogen-bond donors (Lipinski definition) is 2. The van der Waals surface area contributed by atoms with Gasteiger partial charge in [-0.25, -0.2) is 0 Å². The molecule has 2 N–H and O–H groups in total. The van der Waals surface area contributed by atoms with Crippen molar-refractivity contribution in [3.63, 3.8) is 0 Å². The van der Waals surface area contributed by atoms with Crippen LogP contribution in [0.15, 0.2) is 71.0 Å². The SMILES string of the molecule is O=S(=O)(O)CCCN1C(=CC=Cc2oc3ccccc3[n+]2CCCS(=O)(=O)O)Oc2ccccc21. The van der Waals surface area contributed by atoms with Crippen LogP contribution in [-0.4, -0.2) is 44.0 Å². The van der Waals surface area contributed by atoms with Crippen LogP contribution in [0.3, 0.4) is 0 Å². The van der Waals surface area contributed by atoms with Gasteiger partial charge in [-0.2, -0.15) is 21.4 Å². The molecule has 186 valence electrons. The topological polar surface area (TPSA) is 138 Å². The lowest BCUT2D eigenvalue weighted by Gasteiger charge is -2.17. The molecule has 10 nitrogen and oxygen atoms in total. The zero-order valence-electron chi connectivity index (χ0n) is 18.6. The second kappa shape index (κ2) is 10.2. The van der Waals surface area contributed by atoms with Crippen LogP contribution in [0.5, 0.6) is 5.75 Å². The van der Waals surface area contributed by atoms with E-state index in [2.05, 4.69) is 0 Å². The van der Waals surface area contributed by atoms with Crippen LogP contribution in [0.1, 0.15) is 18.7 Å². The van der Waals surface area contributed by atoms with Crippen LogP contribution in [-0.2, 0) is 26.8 Å². The Morgan fingerprint density at radius 1 is 0.914 bits per heavy atom. The molecule has 1 aliphatic heterocycles. The van der Waals surface area contributed by atoms with E-state index in [-0.39, 0.29) is 24.3 Å². The number of benzene rings is 2. The first kappa shape index (κ1) is 24.9. The predicted molar refractivity (Wildman–Crippen MR) is 130 cm³/mol. The minimum Gasteiger partial charge on any atom is -0.439 e. The highest BCUT2D eigenvalue weighted by atomic mass is 32.2. The van der Waals surface area contributed by atoms with Crippen LogP contribution in [0.4, 0.5) is 5.69 Å². The fraction of sp³-hybridized carbons (Fsp3) is 0.261. The molecular formula is C23H25N2O8S2+. The summed E-state index contributed by atoms with van der Waals surface area (Å²) in [6.07, 6.45) is 5.55. The minimum absolute atomic E-state index is 0.203. The molecule has 4 rings (SSSR count). The van der Waals surface area contributed by atoms with Gasteiger partial charge in [-0.3, -0.25) is 9.11 Å². The van der Waals surface area contributed by atoms with Gasteiger partial charge < -0.3 is 14.1 Å². The van der Waals surface area contributed by atoms with E-state index in [9.17, 15) is 16.8 Å². The van der Waals surface area contributed by atoms with Crippen molar-refractivity contribution in [2.75, 3.05) is 23.0 Å². The van der Waals surface area contributed by atoms with E-state index in [1.807, 2.05) is 45.9 Å². The fourth-order valence-electron chi connectivity index (χ4n) is 3.84. The molecule has 1 aromatic heterocycles. The van der Waals surface area contributed by atoms with Crippen molar-refractivity contribution in [1.82, 2.24) is 0 Å². The maximum atomic E-state index is 11.1. The van der Waals surface area contributed by atoms with Crippen LogP contribution >= 0.6 is 0 Å². The van der Waals surface area contributed by atoms with Crippen molar-refractivity contribution < 1.29 is 39.7 Å². The Kier molecular flexibility index (Phi) is 7.26. The number of aromatic nitrogens is 1. The smallest absolute Gasteiger partial charge is 0.374 e. The summed E-state index contributed by atoms with van der Waals surface area (Å²) in [5, 5.41) is 0. The molecule has 0 unspecified atom stereocenters. The van der Waals surface area contributed by atoms with Crippen molar-refractivity contribution in [2.24, 2.45) is 0 Å². The van der Waals surface area contributed by atoms with Crippen LogP contribution in [0.2, 0.25) is 0 Å². The van der Waals surface area contributed by atoms with E-state index in [4.69, 9.17) is 18.3 Å². The molecule has 0 radical (unpaired) electrons. The van der Waals surface area contributed by atoms with Crippen molar-refractivity contribution >= 4 is 43.1 Å². The average Bonchev–Trinajstić information content (AvgIpc) is 3.30. The second-order valence-corrected chi connectivity index (χ2v) is 11.1. The molecule has 0 bridgehead atoms. The Labute approximate surface area is 203 Å². The second-order valence-electron chi connectivity index (χ2n) is 7.92. The molecule has 0 spiro atoms. The number of allylic oxidation sites excluding steroid dienone is 2. The molecule has 1 aliphatic rings. The summed E-state index contributed by atoms with van der Waals surface area (Å²) >= 11 is 0. The van der Waals surface area contributed by atoms with Gasteiger partial charge in [0, 0.05) is 19.0 Å². The van der Waals surface area contributed by atoms with Crippen molar-refractivity contribution in [3.8, 4) is 5.75 Å². The fourth-order valence-corrected chi connectivity index (χ4v) is 4.83. The number of para-hydroxylation sites is 4. The van der Waals surface area contributed by atoms with Crippen molar-refractivity contribution in [1.29, 1.82) is 0 Å². The molecule has 0 fully saturated rings. The minimum atomic E-state index is -4.07. The first-order chi connectivity index (χ1) is 16.6. The van der Waals surface area contributed by atoms with Gasteiger partial charge in [0.25, 0.3) is 25.8 Å². The Morgan fingerprint density at radius 2 is 1.60 bits per heavy atom. The first-order valence-corrected chi connectivity index (χ1v) is 14.1. The lowest BCUT2D eigenvalue weighted by molar-refractivity contribution is -0.677. The molecule has 0 saturated heterocycles. The van der Waals surface area contributed by atoms with Gasteiger partial charge >= 0.3 is 5.89 Å². The van der Waals surface area contributed by atoms with Gasteiger partial charge in [0.05, 0.1) is 23.3 Å². The van der Waals surface area contributed by atoms with Gasteiger partial charge in [0.15, 0.2) is 12.3 Å². The molecule has 2 heterocycles. The molecule has 0 aliphatic carbocycles. The highest BCUT2D eigenvalue weighted by molar-refractivity contribution is 7.86. The summed E-state index contributed by atoms with van der Waals surface area (Å²) in [6, 6.07) is 14.7. The molecular weight excluding hydrogens is 496 g/mol. The summed E-state index contributed by atoms with van der Waals surface area (Å²) in [5.41, 5.74) is 2.20. The number of rotatable bonds is 10. The van der Waals surface area contributed by atoms with Crippen LogP contribution in [0, 0.1) is 0 Å². The van der Waals surface area contributed by atoms with Crippen LogP contribution in [0.25, 0.3) is 17.2 Å². The number of aryl methyl sites for hydroxylation is 1. The van der Waals surface area contributed by atoms with Gasteiger partial charge in [0.1, 0.15) is 0 Å². The third-order valence-electron chi connectivity index (χ3n) is 5.32. The highest BCUT2D eigenvalue weighted by Crippen LogP contribution is 2.38. The summed E-state index contributed by atoms with van der Waals surface area (Å²) in [7, 11) is -8.14. The van der Waals surface area contributed by atoms with E-state index in [0.29, 0.717) is 36.2 Å². The zero-order chi connectivity index (χ0) is 25.1. The van der Waals surface area contributed by atoms with Gasteiger partial charge in [-0.15, -0.1) is 0 Å². The third kappa shape index (κ3) is 6.48. The third-order valence-corrected chi connectivity index (χ3v) is 6.93. The van der Waals surface area contributed by atoms with E-state index in [1.165, 1.54) is 0 Å². The zero-order valence-corrected chi connectivity index (χ0v) is 20.3. The molecule has 0 atom stereocenters. The predicted octanol–water partition coefficient (Wildman–Crippen LogP) is 3.03. The molecule has 12 heteroatoms. The lowest BCUT2D eigenvalue weighted by atomic mass is 10.2. The monoisotopic (exact) mass is 521 g/mol. The standard InChI is InChI=1S/C23H24N2O8S2/c26-34(27,28)16-6-14-24-18-8-1-3-10-20(18)32-22(24)12-5-13-23-25(15-7-17-35(29,30)31)19-9-2-4-11-21(19)33-23/h1-5,8-13H,6-7,14-17H2,(H-,26,27,28,29,30,31)/p+1. The van der Waals surface area contributed by atoms with Crippen molar-refractivity contribution in [2.45, 2.75) is 19.4 Å². The van der Waals surface area contributed by atoms with Crippen LogP contribution < -0.4 is 14.2 Å². The normalized spacial score (nSPS) is 15.3. The number of nitrogens with zero attached hydrogens (tertiary/aromatic N) is 2. The highest BCUT2D eigenvalue weighted by Gasteiger charge is 2.26. The number of ether oxygens (including phenoxy) is 1. The molecule has 3 aromatic rings.